The molecule has 1 amide bonds. The number of hydrogen-bond donors (Lipinski definition) is 1. The van der Waals surface area contributed by atoms with Gasteiger partial charge in [-0.05, 0) is 20.3 Å². The highest BCUT2D eigenvalue weighted by molar-refractivity contribution is 5.76. The molecule has 0 aliphatic rings. The minimum absolute atomic E-state index is 0.0173. The molecule has 1 N–H and O–H groups in total. The van der Waals surface area contributed by atoms with Gasteiger partial charge in [0.05, 0.1) is 18.6 Å². The van der Waals surface area contributed by atoms with Gasteiger partial charge in [-0.3, -0.25) is 4.79 Å². The van der Waals surface area contributed by atoms with Crippen molar-refractivity contribution in [2.24, 2.45) is 0 Å². The standard InChI is InChI=1S/C10H18N2O2/c1-3-12(8-4-7-11)10(14)6-5-9(2)13/h9,13H,3-6,8H2,1-2H3. The van der Waals surface area contributed by atoms with E-state index < -0.39 is 6.10 Å². The maximum Gasteiger partial charge on any atom is 0.222 e. The second-order valence-corrected chi connectivity index (χ2v) is 3.27. The van der Waals surface area contributed by atoms with E-state index in [1.165, 1.54) is 0 Å². The van der Waals surface area contributed by atoms with Crippen molar-refractivity contribution < 1.29 is 9.90 Å². The normalized spacial score (nSPS) is 11.9. The summed E-state index contributed by atoms with van der Waals surface area (Å²) in [5.74, 6) is 0.0173. The van der Waals surface area contributed by atoms with E-state index in [1.54, 1.807) is 11.8 Å². The third-order valence-corrected chi connectivity index (χ3v) is 2.00. The first-order valence-electron chi connectivity index (χ1n) is 4.94. The number of carbonyl (C=O) groups excluding carboxylic acids is 1. The highest BCUT2D eigenvalue weighted by atomic mass is 16.3. The lowest BCUT2D eigenvalue weighted by molar-refractivity contribution is -0.131. The van der Waals surface area contributed by atoms with E-state index in [4.69, 9.17) is 10.4 Å². The summed E-state index contributed by atoms with van der Waals surface area (Å²) in [7, 11) is 0. The first-order chi connectivity index (χ1) is 6.61. The Bertz CT molecular complexity index is 209. The van der Waals surface area contributed by atoms with Crippen LogP contribution in [0.25, 0.3) is 0 Å². The van der Waals surface area contributed by atoms with Crippen LogP contribution in [0, 0.1) is 11.3 Å². The summed E-state index contributed by atoms with van der Waals surface area (Å²) in [6, 6.07) is 2.01. The molecule has 0 radical (unpaired) electrons. The van der Waals surface area contributed by atoms with Crippen LogP contribution in [0.15, 0.2) is 0 Å². The Morgan fingerprint density at radius 1 is 1.64 bits per heavy atom. The van der Waals surface area contributed by atoms with Crippen LogP contribution in [0.3, 0.4) is 0 Å². The molecule has 4 heteroatoms. The second kappa shape index (κ2) is 7.34. The first-order valence-corrected chi connectivity index (χ1v) is 4.94. The van der Waals surface area contributed by atoms with Crippen LogP contribution in [0.2, 0.25) is 0 Å². The molecule has 0 heterocycles. The van der Waals surface area contributed by atoms with E-state index in [0.29, 0.717) is 32.4 Å². The number of hydrogen-bond acceptors (Lipinski definition) is 3. The molecule has 0 aromatic heterocycles. The van der Waals surface area contributed by atoms with E-state index in [2.05, 4.69) is 0 Å². The van der Waals surface area contributed by atoms with E-state index in [-0.39, 0.29) is 5.91 Å². The summed E-state index contributed by atoms with van der Waals surface area (Å²) in [5, 5.41) is 17.4. The number of amides is 1. The molecule has 14 heavy (non-hydrogen) atoms. The Balaban J connectivity index is 3.86. The van der Waals surface area contributed by atoms with Gasteiger partial charge in [0, 0.05) is 19.5 Å². The molecule has 80 valence electrons. The van der Waals surface area contributed by atoms with E-state index in [0.717, 1.165) is 0 Å². The van der Waals surface area contributed by atoms with Crippen molar-refractivity contribution in [1.29, 1.82) is 5.26 Å². The van der Waals surface area contributed by atoms with Crippen LogP contribution in [0.4, 0.5) is 0 Å². The molecule has 0 fully saturated rings. The van der Waals surface area contributed by atoms with Gasteiger partial charge in [-0.2, -0.15) is 5.26 Å². The lowest BCUT2D eigenvalue weighted by atomic mass is 10.2. The molecule has 0 spiro atoms. The van der Waals surface area contributed by atoms with Crippen molar-refractivity contribution in [1.82, 2.24) is 4.90 Å². The van der Waals surface area contributed by atoms with Crippen molar-refractivity contribution in [3.05, 3.63) is 0 Å². The summed E-state index contributed by atoms with van der Waals surface area (Å²) in [6.45, 7) is 4.67. The summed E-state index contributed by atoms with van der Waals surface area (Å²) in [4.78, 5) is 13.1. The Labute approximate surface area is 85.1 Å². The average Bonchev–Trinajstić information content (AvgIpc) is 2.16. The number of aliphatic hydroxyl groups is 1. The van der Waals surface area contributed by atoms with Gasteiger partial charge < -0.3 is 10.0 Å². The van der Waals surface area contributed by atoms with Gasteiger partial charge in [0.1, 0.15) is 0 Å². The molecule has 0 saturated carbocycles. The van der Waals surface area contributed by atoms with Gasteiger partial charge in [0.2, 0.25) is 5.91 Å². The van der Waals surface area contributed by atoms with Crippen molar-refractivity contribution in [3.8, 4) is 6.07 Å². The fourth-order valence-corrected chi connectivity index (χ4v) is 1.13. The van der Waals surface area contributed by atoms with Crippen molar-refractivity contribution in [2.75, 3.05) is 13.1 Å². The summed E-state index contributed by atoms with van der Waals surface area (Å²) >= 11 is 0. The number of aliphatic hydroxyl groups excluding tert-OH is 1. The van der Waals surface area contributed by atoms with Gasteiger partial charge in [-0.25, -0.2) is 0 Å². The number of nitriles is 1. The Morgan fingerprint density at radius 2 is 2.29 bits per heavy atom. The molecule has 0 rings (SSSR count). The largest absolute Gasteiger partial charge is 0.393 e. The zero-order valence-electron chi connectivity index (χ0n) is 8.86. The number of carbonyl (C=O) groups is 1. The molecule has 0 saturated heterocycles. The van der Waals surface area contributed by atoms with Gasteiger partial charge >= 0.3 is 0 Å². The highest BCUT2D eigenvalue weighted by Crippen LogP contribution is 2.01. The molecule has 0 aromatic carbocycles. The van der Waals surface area contributed by atoms with E-state index in [9.17, 15) is 4.79 Å². The highest BCUT2D eigenvalue weighted by Gasteiger charge is 2.11. The average molecular weight is 198 g/mol. The third-order valence-electron chi connectivity index (χ3n) is 2.00. The number of nitrogens with zero attached hydrogens (tertiary/aromatic N) is 2. The molecule has 0 aliphatic carbocycles. The lowest BCUT2D eigenvalue weighted by Crippen LogP contribution is -2.31. The topological polar surface area (TPSA) is 64.3 Å². The van der Waals surface area contributed by atoms with Crippen molar-refractivity contribution >= 4 is 5.91 Å². The first kappa shape index (κ1) is 12.9. The van der Waals surface area contributed by atoms with Gasteiger partial charge in [0.15, 0.2) is 0 Å². The van der Waals surface area contributed by atoms with Crippen LogP contribution in [-0.2, 0) is 4.79 Å². The summed E-state index contributed by atoms with van der Waals surface area (Å²) < 4.78 is 0. The molecule has 0 aliphatic heterocycles. The van der Waals surface area contributed by atoms with Gasteiger partial charge in [-0.15, -0.1) is 0 Å². The molecule has 1 atom stereocenters. The Hall–Kier alpha value is -1.08. The van der Waals surface area contributed by atoms with Crippen LogP contribution < -0.4 is 0 Å². The monoisotopic (exact) mass is 198 g/mol. The predicted molar refractivity (Wildman–Crippen MR) is 53.4 cm³/mol. The molecule has 4 nitrogen and oxygen atoms in total. The third kappa shape index (κ3) is 5.55. The molecule has 1 unspecified atom stereocenters. The Morgan fingerprint density at radius 3 is 2.71 bits per heavy atom. The molecule has 0 aromatic rings. The summed E-state index contributed by atoms with van der Waals surface area (Å²) in [5.41, 5.74) is 0. The Kier molecular flexibility index (Phi) is 6.77. The fourth-order valence-electron chi connectivity index (χ4n) is 1.13. The zero-order chi connectivity index (χ0) is 11.0. The van der Waals surface area contributed by atoms with Crippen LogP contribution in [-0.4, -0.2) is 35.1 Å². The summed E-state index contributed by atoms with van der Waals surface area (Å²) in [6.07, 6.45) is 0.779. The van der Waals surface area contributed by atoms with E-state index >= 15 is 0 Å². The second-order valence-electron chi connectivity index (χ2n) is 3.27. The predicted octanol–water partition coefficient (Wildman–Crippen LogP) is 0.910. The molecular weight excluding hydrogens is 180 g/mol. The maximum atomic E-state index is 11.5. The minimum Gasteiger partial charge on any atom is -0.393 e. The lowest BCUT2D eigenvalue weighted by Gasteiger charge is -2.19. The zero-order valence-corrected chi connectivity index (χ0v) is 8.86. The quantitative estimate of drug-likeness (QED) is 0.690. The SMILES string of the molecule is CCN(CCC#N)C(=O)CCC(C)O. The van der Waals surface area contributed by atoms with Crippen LogP contribution in [0.1, 0.15) is 33.1 Å². The van der Waals surface area contributed by atoms with E-state index in [1.807, 2.05) is 13.0 Å². The van der Waals surface area contributed by atoms with Gasteiger partial charge in [0.25, 0.3) is 0 Å². The molecular formula is C10H18N2O2. The smallest absolute Gasteiger partial charge is 0.222 e. The van der Waals surface area contributed by atoms with Crippen LogP contribution >= 0.6 is 0 Å². The van der Waals surface area contributed by atoms with Crippen molar-refractivity contribution in [2.45, 2.75) is 39.2 Å². The molecule has 0 bridgehead atoms. The minimum atomic E-state index is -0.436. The van der Waals surface area contributed by atoms with Gasteiger partial charge in [-0.1, -0.05) is 0 Å². The van der Waals surface area contributed by atoms with Crippen LogP contribution in [0.5, 0.6) is 0 Å². The maximum absolute atomic E-state index is 11.5. The number of rotatable bonds is 6. The fraction of sp³-hybridized carbons (Fsp3) is 0.800. The van der Waals surface area contributed by atoms with Crippen molar-refractivity contribution in [3.63, 3.8) is 0 Å².